The third-order valence-corrected chi connectivity index (χ3v) is 5.37. The van der Waals surface area contributed by atoms with E-state index in [1.54, 1.807) is 18.3 Å². The average molecular weight is 465 g/mol. The van der Waals surface area contributed by atoms with Crippen LogP contribution in [0.25, 0.3) is 0 Å². The van der Waals surface area contributed by atoms with Crippen molar-refractivity contribution in [3.8, 4) is 11.5 Å². The van der Waals surface area contributed by atoms with Crippen LogP contribution in [0.4, 0.5) is 0 Å². The summed E-state index contributed by atoms with van der Waals surface area (Å²) in [5.41, 5.74) is 4.80. The van der Waals surface area contributed by atoms with Crippen LogP contribution in [-0.4, -0.2) is 18.7 Å². The third kappa shape index (κ3) is 7.95. The van der Waals surface area contributed by atoms with Crippen LogP contribution in [0.2, 0.25) is 5.02 Å². The predicted octanol–water partition coefficient (Wildman–Crippen LogP) is 6.64. The second-order valence-corrected chi connectivity index (χ2v) is 7.96. The lowest BCUT2D eigenvalue weighted by atomic mass is 10.2. The van der Waals surface area contributed by atoms with Crippen molar-refractivity contribution >= 4 is 23.7 Å². The van der Waals surface area contributed by atoms with Gasteiger partial charge in [0.25, 0.3) is 5.91 Å². The van der Waals surface area contributed by atoms with Crippen LogP contribution in [-0.2, 0) is 6.61 Å². The highest BCUT2D eigenvalue weighted by atomic mass is 35.5. The molecule has 0 aliphatic heterocycles. The third-order valence-electron chi connectivity index (χ3n) is 5.00. The Morgan fingerprint density at radius 1 is 0.939 bits per heavy atom. The highest BCUT2D eigenvalue weighted by Crippen LogP contribution is 2.20. The highest BCUT2D eigenvalue weighted by molar-refractivity contribution is 6.31. The Balaban J connectivity index is 1.49. The summed E-state index contributed by atoms with van der Waals surface area (Å²) in [7, 11) is 0. The second-order valence-electron chi connectivity index (χ2n) is 7.55. The number of hydrogen-bond acceptors (Lipinski definition) is 4. The normalized spacial score (nSPS) is 10.8. The molecule has 0 radical (unpaired) electrons. The lowest BCUT2D eigenvalue weighted by molar-refractivity contribution is 0.0951. The molecule has 0 aliphatic rings. The van der Waals surface area contributed by atoms with Gasteiger partial charge in [0, 0.05) is 10.6 Å². The molecule has 33 heavy (non-hydrogen) atoms. The molecule has 3 aromatic carbocycles. The number of rotatable bonds is 12. The van der Waals surface area contributed by atoms with E-state index in [-0.39, 0.29) is 5.91 Å². The SMILES string of the molecule is CCCCCCOc1ccccc1C(=O)NN=Cc1ccc(OCc2ccccc2Cl)cc1. The zero-order valence-corrected chi connectivity index (χ0v) is 19.6. The minimum absolute atomic E-state index is 0.310. The molecule has 1 N–H and O–H groups in total. The van der Waals surface area contributed by atoms with Crippen molar-refractivity contribution in [2.75, 3.05) is 6.61 Å². The van der Waals surface area contributed by atoms with Gasteiger partial charge in [0.1, 0.15) is 18.1 Å². The minimum Gasteiger partial charge on any atom is -0.493 e. The number of halogens is 1. The monoisotopic (exact) mass is 464 g/mol. The number of para-hydroxylation sites is 1. The molecule has 0 aliphatic carbocycles. The molecule has 172 valence electrons. The number of hydrazone groups is 1. The minimum atomic E-state index is -0.310. The van der Waals surface area contributed by atoms with E-state index >= 15 is 0 Å². The maximum atomic E-state index is 12.6. The lowest BCUT2D eigenvalue weighted by Gasteiger charge is -2.10. The largest absolute Gasteiger partial charge is 0.493 e. The van der Waals surface area contributed by atoms with Gasteiger partial charge in [-0.2, -0.15) is 5.10 Å². The fraction of sp³-hybridized carbons (Fsp3) is 0.259. The first-order valence-electron chi connectivity index (χ1n) is 11.2. The summed E-state index contributed by atoms with van der Waals surface area (Å²) in [6.07, 6.45) is 6.05. The highest BCUT2D eigenvalue weighted by Gasteiger charge is 2.11. The summed E-state index contributed by atoms with van der Waals surface area (Å²) >= 11 is 6.16. The fourth-order valence-corrected chi connectivity index (χ4v) is 3.33. The molecule has 3 rings (SSSR count). The van der Waals surface area contributed by atoms with E-state index in [1.165, 1.54) is 12.8 Å². The van der Waals surface area contributed by atoms with Gasteiger partial charge in [-0.25, -0.2) is 5.43 Å². The summed E-state index contributed by atoms with van der Waals surface area (Å²) in [6.45, 7) is 3.16. The summed E-state index contributed by atoms with van der Waals surface area (Å²) in [5.74, 6) is 0.984. The van der Waals surface area contributed by atoms with Crippen molar-refractivity contribution in [2.24, 2.45) is 5.10 Å². The van der Waals surface area contributed by atoms with Crippen molar-refractivity contribution in [3.63, 3.8) is 0 Å². The number of ether oxygens (including phenoxy) is 2. The number of amides is 1. The number of carbonyl (C=O) groups is 1. The van der Waals surface area contributed by atoms with Crippen LogP contribution >= 0.6 is 11.6 Å². The first kappa shape index (κ1) is 24.3. The maximum absolute atomic E-state index is 12.6. The topological polar surface area (TPSA) is 59.9 Å². The smallest absolute Gasteiger partial charge is 0.275 e. The van der Waals surface area contributed by atoms with Gasteiger partial charge in [-0.05, 0) is 54.4 Å². The van der Waals surface area contributed by atoms with E-state index < -0.39 is 0 Å². The number of carbonyl (C=O) groups excluding carboxylic acids is 1. The number of hydrogen-bond donors (Lipinski definition) is 1. The molecule has 0 heterocycles. The van der Waals surface area contributed by atoms with Crippen LogP contribution in [0.3, 0.4) is 0 Å². The molecular weight excluding hydrogens is 436 g/mol. The molecule has 0 spiro atoms. The number of benzene rings is 3. The molecular formula is C27H29ClN2O3. The van der Waals surface area contributed by atoms with Gasteiger partial charge in [-0.15, -0.1) is 0 Å². The molecule has 0 unspecified atom stereocenters. The van der Waals surface area contributed by atoms with Crippen LogP contribution in [0, 0.1) is 0 Å². The van der Waals surface area contributed by atoms with Crippen molar-refractivity contribution in [1.82, 2.24) is 5.43 Å². The van der Waals surface area contributed by atoms with Crippen molar-refractivity contribution < 1.29 is 14.3 Å². The van der Waals surface area contributed by atoms with Gasteiger partial charge < -0.3 is 9.47 Å². The first-order chi connectivity index (χ1) is 16.2. The molecule has 6 heteroatoms. The van der Waals surface area contributed by atoms with E-state index in [2.05, 4.69) is 17.5 Å². The van der Waals surface area contributed by atoms with Crippen LogP contribution in [0.5, 0.6) is 11.5 Å². The number of nitrogens with zero attached hydrogens (tertiary/aromatic N) is 1. The second kappa shape index (κ2) is 13.3. The Hall–Kier alpha value is -3.31. The molecule has 1 amide bonds. The summed E-state index contributed by atoms with van der Waals surface area (Å²) < 4.78 is 11.6. The zero-order valence-electron chi connectivity index (χ0n) is 18.8. The molecule has 0 saturated heterocycles. The van der Waals surface area contributed by atoms with Gasteiger partial charge >= 0.3 is 0 Å². The van der Waals surface area contributed by atoms with E-state index in [4.69, 9.17) is 21.1 Å². The van der Waals surface area contributed by atoms with E-state index in [0.717, 1.165) is 29.7 Å². The van der Waals surface area contributed by atoms with Gasteiger partial charge in [0.15, 0.2) is 0 Å². The summed E-state index contributed by atoms with van der Waals surface area (Å²) in [6, 6.07) is 22.2. The maximum Gasteiger partial charge on any atom is 0.275 e. The van der Waals surface area contributed by atoms with Gasteiger partial charge in [0.05, 0.1) is 18.4 Å². The Morgan fingerprint density at radius 3 is 2.48 bits per heavy atom. The molecule has 0 aromatic heterocycles. The Morgan fingerprint density at radius 2 is 1.70 bits per heavy atom. The summed E-state index contributed by atoms with van der Waals surface area (Å²) in [4.78, 5) is 12.6. The fourth-order valence-electron chi connectivity index (χ4n) is 3.14. The molecule has 3 aromatic rings. The molecule has 0 saturated carbocycles. The van der Waals surface area contributed by atoms with Gasteiger partial charge in [-0.3, -0.25) is 4.79 Å². The Bertz CT molecular complexity index is 1050. The van der Waals surface area contributed by atoms with Crippen LogP contribution in [0.15, 0.2) is 77.9 Å². The van der Waals surface area contributed by atoms with Gasteiger partial charge in [0.2, 0.25) is 0 Å². The molecule has 0 bridgehead atoms. The first-order valence-corrected chi connectivity index (χ1v) is 11.6. The standard InChI is InChI=1S/C27H29ClN2O3/c1-2-3-4-9-18-32-26-13-8-6-11-24(26)27(31)30-29-19-21-14-16-23(17-15-21)33-20-22-10-5-7-12-25(22)28/h5-8,10-17,19H,2-4,9,18,20H2,1H3,(H,30,31). The molecule has 5 nitrogen and oxygen atoms in total. The zero-order chi connectivity index (χ0) is 23.3. The van der Waals surface area contributed by atoms with Crippen LogP contribution < -0.4 is 14.9 Å². The van der Waals surface area contributed by atoms with E-state index in [9.17, 15) is 4.79 Å². The Kier molecular flexibility index (Phi) is 9.80. The number of unbranched alkanes of at least 4 members (excludes halogenated alkanes) is 3. The van der Waals surface area contributed by atoms with E-state index in [0.29, 0.717) is 29.5 Å². The quantitative estimate of drug-likeness (QED) is 0.185. The lowest BCUT2D eigenvalue weighted by Crippen LogP contribution is -2.18. The summed E-state index contributed by atoms with van der Waals surface area (Å²) in [5, 5.41) is 4.76. The van der Waals surface area contributed by atoms with Crippen molar-refractivity contribution in [2.45, 2.75) is 39.2 Å². The van der Waals surface area contributed by atoms with Crippen molar-refractivity contribution in [3.05, 3.63) is 94.5 Å². The average Bonchev–Trinajstić information content (AvgIpc) is 2.84. The van der Waals surface area contributed by atoms with Gasteiger partial charge in [-0.1, -0.05) is 68.1 Å². The molecule has 0 atom stereocenters. The van der Waals surface area contributed by atoms with Crippen LogP contribution in [0.1, 0.15) is 54.1 Å². The predicted molar refractivity (Wildman–Crippen MR) is 133 cm³/mol. The molecule has 0 fully saturated rings. The van der Waals surface area contributed by atoms with Crippen molar-refractivity contribution in [1.29, 1.82) is 0 Å². The Labute approximate surface area is 200 Å². The van der Waals surface area contributed by atoms with E-state index in [1.807, 2.05) is 60.7 Å². The number of nitrogens with one attached hydrogen (secondary N) is 1.